The van der Waals surface area contributed by atoms with E-state index in [-0.39, 0.29) is 23.4 Å². The smallest absolute Gasteiger partial charge is 0.407 e. The third kappa shape index (κ3) is 6.75. The van der Waals surface area contributed by atoms with E-state index >= 15 is 0 Å². The Morgan fingerprint density at radius 2 is 1.87 bits per heavy atom. The Morgan fingerprint density at radius 1 is 1.09 bits per heavy atom. The highest BCUT2D eigenvalue weighted by Crippen LogP contribution is 2.48. The van der Waals surface area contributed by atoms with E-state index < -0.39 is 5.60 Å². The first-order valence-corrected chi connectivity index (χ1v) is 16.9. The zero-order valence-corrected chi connectivity index (χ0v) is 27.9. The van der Waals surface area contributed by atoms with Crippen LogP contribution in [0.5, 0.6) is 11.6 Å². The van der Waals surface area contributed by atoms with Gasteiger partial charge in [-0.15, -0.1) is 10.2 Å². The van der Waals surface area contributed by atoms with E-state index in [0.29, 0.717) is 46.8 Å². The largest absolute Gasteiger partial charge is 0.444 e. The second-order valence-corrected chi connectivity index (χ2v) is 15.3. The SMILES string of the molecule is CC(C)[C@H](C1CC(NC(=O)OC(C)(C)C)C1)N1CC2(CCN(c3ncnnc3Oc3ccc(F)cc3-c3cncnc3C3CC3)C2)C1. The second kappa shape index (κ2) is 12.3. The molecule has 1 N–H and O–H groups in total. The summed E-state index contributed by atoms with van der Waals surface area (Å²) in [6, 6.07) is 5.14. The molecule has 1 aromatic carbocycles. The molecule has 12 heteroatoms. The van der Waals surface area contributed by atoms with Gasteiger partial charge < -0.3 is 19.7 Å². The normalized spacial score (nSPS) is 22.9. The molecule has 47 heavy (non-hydrogen) atoms. The highest BCUT2D eigenvalue weighted by Gasteiger charge is 2.53. The molecule has 1 spiro atoms. The standard InChI is InChI=1S/C35H45FN8O3/c1-21(2)30(23-12-25(13-23)41-33(45)47-34(3,4)5)44-17-35(18-44)10-11-43(16-35)31-32(42-40-20-39-31)46-28-9-8-24(36)14-26(28)27-15-37-19-38-29(27)22-6-7-22/h8-9,14-15,19-23,25,30H,6-7,10-13,16-18H2,1-5H3,(H,41,45)/t23?,25?,30-/m1/s1. The van der Waals surface area contributed by atoms with Crippen LogP contribution in [0.1, 0.15) is 78.3 Å². The third-order valence-corrected chi connectivity index (χ3v) is 10.0. The molecule has 11 nitrogen and oxygen atoms in total. The minimum Gasteiger partial charge on any atom is -0.444 e. The van der Waals surface area contributed by atoms with Crippen LogP contribution in [0.15, 0.2) is 37.1 Å². The lowest BCUT2D eigenvalue weighted by Gasteiger charge is -2.56. The van der Waals surface area contributed by atoms with Gasteiger partial charge in [0.05, 0.1) is 5.69 Å². The third-order valence-electron chi connectivity index (χ3n) is 10.0. The summed E-state index contributed by atoms with van der Waals surface area (Å²) in [7, 11) is 0. The second-order valence-electron chi connectivity index (χ2n) is 15.3. The predicted molar refractivity (Wildman–Crippen MR) is 175 cm³/mol. The molecular formula is C35H45FN8O3. The molecule has 7 rings (SSSR count). The molecule has 2 saturated carbocycles. The van der Waals surface area contributed by atoms with Crippen LogP contribution in [-0.4, -0.2) is 80.0 Å². The molecule has 2 saturated heterocycles. The number of carbonyl (C=O) groups excluding carboxylic acids is 1. The number of nitrogens with one attached hydrogen (secondary N) is 1. The van der Waals surface area contributed by atoms with Crippen molar-refractivity contribution in [2.75, 3.05) is 31.1 Å². The number of hydrogen-bond donors (Lipinski definition) is 1. The quantitative estimate of drug-likeness (QED) is 0.298. The highest BCUT2D eigenvalue weighted by atomic mass is 19.1. The van der Waals surface area contributed by atoms with Crippen molar-refractivity contribution in [3.05, 3.63) is 48.6 Å². The average molecular weight is 645 g/mol. The highest BCUT2D eigenvalue weighted by molar-refractivity contribution is 5.73. The molecule has 0 radical (unpaired) electrons. The number of hydrogen-bond acceptors (Lipinski definition) is 10. The number of ether oxygens (including phenoxy) is 2. The van der Waals surface area contributed by atoms with Gasteiger partial charge >= 0.3 is 6.09 Å². The first-order chi connectivity index (χ1) is 22.5. The fourth-order valence-corrected chi connectivity index (χ4v) is 7.87. The number of rotatable bonds is 9. The lowest BCUT2D eigenvalue weighted by Crippen LogP contribution is -2.65. The van der Waals surface area contributed by atoms with E-state index in [0.717, 1.165) is 69.5 Å². The summed E-state index contributed by atoms with van der Waals surface area (Å²) >= 11 is 0. The van der Waals surface area contributed by atoms with Gasteiger partial charge in [0, 0.05) is 66.9 Å². The number of carbonyl (C=O) groups is 1. The van der Waals surface area contributed by atoms with Gasteiger partial charge in [-0.2, -0.15) is 0 Å². The van der Waals surface area contributed by atoms with Crippen LogP contribution in [0, 0.1) is 23.1 Å². The van der Waals surface area contributed by atoms with Gasteiger partial charge in [0.1, 0.15) is 29.8 Å². The van der Waals surface area contributed by atoms with Gasteiger partial charge in [-0.3, -0.25) is 4.90 Å². The molecule has 4 heterocycles. The van der Waals surface area contributed by atoms with Crippen molar-refractivity contribution in [1.29, 1.82) is 0 Å². The summed E-state index contributed by atoms with van der Waals surface area (Å²) in [6.07, 6.45) is 9.54. The Labute approximate surface area is 275 Å². The average Bonchev–Trinajstić information content (AvgIpc) is 3.73. The van der Waals surface area contributed by atoms with Gasteiger partial charge in [-0.05, 0) is 82.9 Å². The molecule has 4 fully saturated rings. The Morgan fingerprint density at radius 3 is 2.60 bits per heavy atom. The topological polar surface area (TPSA) is 118 Å². The number of halogens is 1. The van der Waals surface area contributed by atoms with Crippen molar-refractivity contribution in [3.63, 3.8) is 0 Å². The van der Waals surface area contributed by atoms with Crippen molar-refractivity contribution in [2.24, 2.45) is 17.3 Å². The molecule has 2 aliphatic heterocycles. The molecule has 2 aromatic heterocycles. The molecular weight excluding hydrogens is 599 g/mol. The van der Waals surface area contributed by atoms with Crippen LogP contribution in [0.4, 0.5) is 15.0 Å². The van der Waals surface area contributed by atoms with Crippen molar-refractivity contribution >= 4 is 11.9 Å². The first-order valence-electron chi connectivity index (χ1n) is 16.9. The molecule has 2 aliphatic carbocycles. The predicted octanol–water partition coefficient (Wildman–Crippen LogP) is 5.98. The summed E-state index contributed by atoms with van der Waals surface area (Å²) in [5.41, 5.74) is 1.96. The summed E-state index contributed by atoms with van der Waals surface area (Å²) in [6.45, 7) is 14.0. The summed E-state index contributed by atoms with van der Waals surface area (Å²) < 4.78 is 26.4. The van der Waals surface area contributed by atoms with E-state index in [2.05, 4.69) is 54.1 Å². The Bertz CT molecular complexity index is 1610. The van der Waals surface area contributed by atoms with E-state index in [1.807, 2.05) is 20.8 Å². The summed E-state index contributed by atoms with van der Waals surface area (Å²) in [5.74, 6) is 2.48. The summed E-state index contributed by atoms with van der Waals surface area (Å²) in [5, 5.41) is 11.4. The lowest BCUT2D eigenvalue weighted by molar-refractivity contribution is -0.0691. The molecule has 250 valence electrons. The molecule has 0 bridgehead atoms. The van der Waals surface area contributed by atoms with E-state index in [4.69, 9.17) is 9.47 Å². The van der Waals surface area contributed by atoms with Gasteiger partial charge in [-0.1, -0.05) is 13.8 Å². The van der Waals surface area contributed by atoms with E-state index in [9.17, 15) is 9.18 Å². The maximum Gasteiger partial charge on any atom is 0.407 e. The fraction of sp³-hybridized carbons (Fsp3) is 0.600. The number of anilines is 1. The number of nitrogens with zero attached hydrogens (tertiary/aromatic N) is 7. The van der Waals surface area contributed by atoms with Gasteiger partial charge in [0.15, 0.2) is 5.82 Å². The van der Waals surface area contributed by atoms with Gasteiger partial charge in [-0.25, -0.2) is 24.1 Å². The van der Waals surface area contributed by atoms with E-state index in [1.165, 1.54) is 18.5 Å². The Hall–Kier alpha value is -3.93. The minimum atomic E-state index is -0.495. The molecule has 0 unspecified atom stereocenters. The van der Waals surface area contributed by atoms with Crippen LogP contribution in [0.25, 0.3) is 11.1 Å². The molecule has 3 aromatic rings. The van der Waals surface area contributed by atoms with Gasteiger partial charge in [0.25, 0.3) is 5.88 Å². The molecule has 4 aliphatic rings. The van der Waals surface area contributed by atoms with Crippen LogP contribution in [0.2, 0.25) is 0 Å². The molecule has 1 atom stereocenters. The van der Waals surface area contributed by atoms with Crippen molar-refractivity contribution in [2.45, 2.75) is 90.3 Å². The molecule has 1 amide bonds. The van der Waals surface area contributed by atoms with Crippen LogP contribution in [0.3, 0.4) is 0 Å². The zero-order valence-electron chi connectivity index (χ0n) is 27.9. The monoisotopic (exact) mass is 644 g/mol. The minimum absolute atomic E-state index is 0.174. The van der Waals surface area contributed by atoms with E-state index in [1.54, 1.807) is 18.6 Å². The van der Waals surface area contributed by atoms with Gasteiger partial charge in [0.2, 0.25) is 0 Å². The van der Waals surface area contributed by atoms with Crippen molar-refractivity contribution < 1.29 is 18.7 Å². The van der Waals surface area contributed by atoms with Crippen LogP contribution < -0.4 is 15.0 Å². The number of amides is 1. The van der Waals surface area contributed by atoms with Crippen LogP contribution in [-0.2, 0) is 4.74 Å². The lowest BCUT2D eigenvalue weighted by atomic mass is 9.68. The Balaban J connectivity index is 1.01. The van der Waals surface area contributed by atoms with Crippen LogP contribution >= 0.6 is 0 Å². The number of likely N-dealkylation sites (tertiary alicyclic amines) is 1. The zero-order chi connectivity index (χ0) is 32.9. The maximum absolute atomic E-state index is 14.5. The van der Waals surface area contributed by atoms with Crippen molar-refractivity contribution in [3.8, 4) is 22.8 Å². The summed E-state index contributed by atoms with van der Waals surface area (Å²) in [4.78, 5) is 30.5. The number of alkyl carbamates (subject to hydrolysis) is 1. The van der Waals surface area contributed by atoms with Crippen molar-refractivity contribution in [1.82, 2.24) is 35.4 Å². The Kier molecular flexibility index (Phi) is 8.26. The maximum atomic E-state index is 14.5. The fourth-order valence-electron chi connectivity index (χ4n) is 7.87. The number of aromatic nitrogens is 5. The number of benzene rings is 1. The first kappa shape index (κ1) is 31.7.